The maximum Gasteiger partial charge on any atom is 0.408 e. The largest absolute Gasteiger partial charge is 0.481 e. The van der Waals surface area contributed by atoms with E-state index in [0.717, 1.165) is 47.1 Å². The Morgan fingerprint density at radius 2 is 1.50 bits per heavy atom. The Labute approximate surface area is 247 Å². The predicted octanol–water partition coefficient (Wildman–Crippen LogP) is 5.32. The smallest absolute Gasteiger partial charge is 0.408 e. The standard InChI is InChI=1S/C34H39N3O5/c38-31(39)18-6-1-2-11-20-35-32(40)34(19-21-37(24-34)22-25-12-4-3-5-13-25)36-33(41)42-23-30-28-16-9-7-14-26(28)27-15-8-10-17-29(27)30/h3-5,7-10,12-17,30H,1-2,6,11,18-24H2,(H,35,40)(H,36,41)(H,38,39). The highest BCUT2D eigenvalue weighted by atomic mass is 16.5. The number of unbranched alkanes of at least 4 members (excludes halogenated alkanes) is 3. The van der Waals surface area contributed by atoms with E-state index in [-0.39, 0.29) is 24.9 Å². The minimum absolute atomic E-state index is 0.0628. The molecule has 42 heavy (non-hydrogen) atoms. The SMILES string of the molecule is O=C(O)CCCCCCNC(=O)C1(NC(=O)OCC2c3ccccc3-c3ccccc32)CCN(Cc2ccccc2)C1. The van der Waals surface area contributed by atoms with E-state index in [2.05, 4.69) is 51.9 Å². The maximum absolute atomic E-state index is 13.6. The highest BCUT2D eigenvalue weighted by Crippen LogP contribution is 2.44. The van der Waals surface area contributed by atoms with Crippen LogP contribution in [-0.4, -0.2) is 59.8 Å². The Morgan fingerprint density at radius 1 is 0.857 bits per heavy atom. The van der Waals surface area contributed by atoms with Gasteiger partial charge in [-0.3, -0.25) is 14.5 Å². The molecule has 0 bridgehead atoms. The van der Waals surface area contributed by atoms with Crippen LogP contribution in [0.25, 0.3) is 11.1 Å². The summed E-state index contributed by atoms with van der Waals surface area (Å²) >= 11 is 0. The number of rotatable bonds is 13. The molecule has 8 heteroatoms. The summed E-state index contributed by atoms with van der Waals surface area (Å²) in [6.45, 7) is 2.39. The number of hydrogen-bond acceptors (Lipinski definition) is 5. The van der Waals surface area contributed by atoms with Crippen LogP contribution < -0.4 is 10.6 Å². The molecule has 0 saturated carbocycles. The molecule has 1 fully saturated rings. The van der Waals surface area contributed by atoms with Crippen molar-refractivity contribution in [1.29, 1.82) is 0 Å². The van der Waals surface area contributed by atoms with Gasteiger partial charge in [-0.15, -0.1) is 0 Å². The summed E-state index contributed by atoms with van der Waals surface area (Å²) in [6, 6.07) is 26.5. The molecule has 3 aromatic carbocycles. The van der Waals surface area contributed by atoms with Crippen molar-refractivity contribution in [3.8, 4) is 11.1 Å². The Bertz CT molecular complexity index is 1350. The fourth-order valence-electron chi connectivity index (χ4n) is 6.17. The van der Waals surface area contributed by atoms with Gasteiger partial charge in [0.05, 0.1) is 0 Å². The first-order valence-corrected chi connectivity index (χ1v) is 14.8. The van der Waals surface area contributed by atoms with Crippen LogP contribution in [0.2, 0.25) is 0 Å². The van der Waals surface area contributed by atoms with Crippen molar-refractivity contribution in [3.63, 3.8) is 0 Å². The zero-order chi connectivity index (χ0) is 29.4. The quantitative estimate of drug-likeness (QED) is 0.241. The first-order valence-electron chi connectivity index (χ1n) is 14.8. The van der Waals surface area contributed by atoms with Gasteiger partial charge in [-0.2, -0.15) is 0 Å². The Morgan fingerprint density at radius 3 is 2.19 bits per heavy atom. The van der Waals surface area contributed by atoms with Crippen molar-refractivity contribution in [2.24, 2.45) is 0 Å². The van der Waals surface area contributed by atoms with Crippen molar-refractivity contribution in [2.45, 2.75) is 56.5 Å². The van der Waals surface area contributed by atoms with Crippen LogP contribution in [0.4, 0.5) is 4.79 Å². The summed E-state index contributed by atoms with van der Waals surface area (Å²) in [5.74, 6) is -1.06. The molecule has 2 amide bonds. The normalized spacial score (nSPS) is 17.8. The van der Waals surface area contributed by atoms with E-state index >= 15 is 0 Å². The number of hydrogen-bond donors (Lipinski definition) is 3. The van der Waals surface area contributed by atoms with Gasteiger partial charge in [0.25, 0.3) is 0 Å². The van der Waals surface area contributed by atoms with Crippen molar-refractivity contribution < 1.29 is 24.2 Å². The van der Waals surface area contributed by atoms with Crippen molar-refractivity contribution in [2.75, 3.05) is 26.2 Å². The summed E-state index contributed by atoms with van der Waals surface area (Å²) in [5.41, 5.74) is 4.65. The molecule has 2 aliphatic rings. The number of aliphatic carboxylic acids is 1. The molecule has 1 saturated heterocycles. The molecular weight excluding hydrogens is 530 g/mol. The fraction of sp³-hybridized carbons (Fsp3) is 0.382. The van der Waals surface area contributed by atoms with Crippen LogP contribution in [0.3, 0.4) is 0 Å². The van der Waals surface area contributed by atoms with Crippen LogP contribution in [0, 0.1) is 0 Å². The van der Waals surface area contributed by atoms with Crippen LogP contribution >= 0.6 is 0 Å². The molecule has 5 rings (SSSR count). The number of ether oxygens (including phenoxy) is 1. The zero-order valence-electron chi connectivity index (χ0n) is 23.9. The number of nitrogens with one attached hydrogen (secondary N) is 2. The number of likely N-dealkylation sites (tertiary alicyclic amines) is 1. The molecule has 0 aromatic heterocycles. The molecule has 1 aliphatic carbocycles. The highest BCUT2D eigenvalue weighted by molar-refractivity contribution is 5.90. The van der Waals surface area contributed by atoms with Crippen LogP contribution in [0.15, 0.2) is 78.9 Å². The van der Waals surface area contributed by atoms with E-state index < -0.39 is 17.6 Å². The van der Waals surface area contributed by atoms with Crippen molar-refractivity contribution >= 4 is 18.0 Å². The van der Waals surface area contributed by atoms with Gasteiger partial charge in [-0.25, -0.2) is 4.79 Å². The minimum Gasteiger partial charge on any atom is -0.481 e. The number of carbonyl (C=O) groups excluding carboxylic acids is 2. The predicted molar refractivity (Wildman–Crippen MR) is 161 cm³/mol. The summed E-state index contributed by atoms with van der Waals surface area (Å²) in [4.78, 5) is 39.8. The molecule has 1 unspecified atom stereocenters. The lowest BCUT2D eigenvalue weighted by Crippen LogP contribution is -2.60. The molecule has 1 aliphatic heterocycles. The second-order valence-corrected chi connectivity index (χ2v) is 11.3. The second kappa shape index (κ2) is 13.7. The third-order valence-electron chi connectivity index (χ3n) is 8.32. The molecule has 1 heterocycles. The van der Waals surface area contributed by atoms with Gasteiger partial charge in [0.15, 0.2) is 0 Å². The monoisotopic (exact) mass is 569 g/mol. The number of alkyl carbamates (subject to hydrolysis) is 1. The molecule has 1 atom stereocenters. The number of nitrogens with zero attached hydrogens (tertiary/aromatic N) is 1. The number of fused-ring (bicyclic) bond motifs is 3. The number of carboxylic acids is 1. The number of carboxylic acid groups (broad SMARTS) is 1. The number of carbonyl (C=O) groups is 3. The number of benzene rings is 3. The summed E-state index contributed by atoms with van der Waals surface area (Å²) in [7, 11) is 0. The van der Waals surface area contributed by atoms with E-state index in [1.54, 1.807) is 0 Å². The van der Waals surface area contributed by atoms with Crippen LogP contribution in [0.5, 0.6) is 0 Å². The lowest BCUT2D eigenvalue weighted by molar-refractivity contribution is -0.137. The summed E-state index contributed by atoms with van der Waals surface area (Å²) in [6.07, 6.45) is 3.06. The van der Waals surface area contributed by atoms with Gasteiger partial charge >= 0.3 is 12.1 Å². The van der Waals surface area contributed by atoms with Gasteiger partial charge in [0, 0.05) is 38.5 Å². The van der Waals surface area contributed by atoms with E-state index in [1.807, 2.05) is 42.5 Å². The van der Waals surface area contributed by atoms with E-state index in [9.17, 15) is 14.4 Å². The maximum atomic E-state index is 13.6. The van der Waals surface area contributed by atoms with E-state index in [0.29, 0.717) is 39.0 Å². The Hall–Kier alpha value is -4.17. The first-order chi connectivity index (χ1) is 20.4. The van der Waals surface area contributed by atoms with Crippen molar-refractivity contribution in [3.05, 3.63) is 95.6 Å². The van der Waals surface area contributed by atoms with E-state index in [1.165, 1.54) is 0 Å². The van der Waals surface area contributed by atoms with Crippen molar-refractivity contribution in [1.82, 2.24) is 15.5 Å². The lowest BCUT2D eigenvalue weighted by atomic mass is 9.97. The molecule has 0 radical (unpaired) electrons. The molecule has 220 valence electrons. The molecular formula is C34H39N3O5. The molecule has 0 spiro atoms. The third kappa shape index (κ3) is 6.99. The first kappa shape index (κ1) is 29.3. The van der Waals surface area contributed by atoms with Gasteiger partial charge in [-0.05, 0) is 47.1 Å². The molecule has 3 aromatic rings. The molecule has 8 nitrogen and oxygen atoms in total. The minimum atomic E-state index is -1.10. The fourth-order valence-corrected chi connectivity index (χ4v) is 6.17. The molecule has 3 N–H and O–H groups in total. The van der Waals surface area contributed by atoms with E-state index in [4.69, 9.17) is 9.84 Å². The second-order valence-electron chi connectivity index (χ2n) is 11.3. The highest BCUT2D eigenvalue weighted by Gasteiger charge is 2.46. The summed E-state index contributed by atoms with van der Waals surface area (Å²) < 4.78 is 5.82. The number of amides is 2. The van der Waals surface area contributed by atoms with Gasteiger partial charge in [0.2, 0.25) is 5.91 Å². The Balaban J connectivity index is 1.21. The summed E-state index contributed by atoms with van der Waals surface area (Å²) in [5, 5.41) is 14.8. The van der Waals surface area contributed by atoms with Crippen LogP contribution in [0.1, 0.15) is 61.1 Å². The Kier molecular flexibility index (Phi) is 9.54. The van der Waals surface area contributed by atoms with Gasteiger partial charge in [0.1, 0.15) is 12.1 Å². The third-order valence-corrected chi connectivity index (χ3v) is 8.32. The zero-order valence-corrected chi connectivity index (χ0v) is 23.9. The average molecular weight is 570 g/mol. The average Bonchev–Trinajstić information content (AvgIpc) is 3.55. The van der Waals surface area contributed by atoms with Crippen LogP contribution in [-0.2, 0) is 20.9 Å². The van der Waals surface area contributed by atoms with Gasteiger partial charge in [-0.1, -0.05) is 91.7 Å². The topological polar surface area (TPSA) is 108 Å². The lowest BCUT2D eigenvalue weighted by Gasteiger charge is -2.29. The van der Waals surface area contributed by atoms with Gasteiger partial charge < -0.3 is 20.5 Å².